The predicted molar refractivity (Wildman–Crippen MR) is 50.6 cm³/mol. The van der Waals surface area contributed by atoms with Gasteiger partial charge in [0.1, 0.15) is 6.33 Å². The van der Waals surface area contributed by atoms with Crippen molar-refractivity contribution < 1.29 is 4.79 Å². The third-order valence-corrected chi connectivity index (χ3v) is 2.83. The summed E-state index contributed by atoms with van der Waals surface area (Å²) >= 11 is 0. The summed E-state index contributed by atoms with van der Waals surface area (Å²) in [6.07, 6.45) is 3.59. The first kappa shape index (κ1) is 9.33. The lowest BCUT2D eigenvalue weighted by Crippen LogP contribution is -2.48. The normalized spacial score (nSPS) is 20.5. The zero-order valence-corrected chi connectivity index (χ0v) is 8.40. The lowest BCUT2D eigenvalue weighted by Gasteiger charge is -2.21. The van der Waals surface area contributed by atoms with Gasteiger partial charge in [-0.2, -0.15) is 0 Å². The Bertz CT molecular complexity index is 365. The van der Waals surface area contributed by atoms with E-state index in [4.69, 9.17) is 5.73 Å². The molecule has 1 aromatic heterocycles. The summed E-state index contributed by atoms with van der Waals surface area (Å²) in [5, 5.41) is 7.45. The highest BCUT2D eigenvalue weighted by molar-refractivity contribution is 6.00. The molecule has 1 fully saturated rings. The average molecular weight is 194 g/mol. The Labute approximate surface area is 82.3 Å². The maximum Gasteiger partial charge on any atom is 0.219 e. The van der Waals surface area contributed by atoms with Crippen molar-refractivity contribution in [2.24, 2.45) is 18.7 Å². The van der Waals surface area contributed by atoms with E-state index in [1.807, 2.05) is 0 Å². The van der Waals surface area contributed by atoms with E-state index in [0.29, 0.717) is 11.7 Å². The standard InChI is InChI=1S/C9H14N4O/c1-9(10,6-3-4-6)7(14)8-12-11-5-13(8)2/h5-6H,3-4,10H2,1-2H3. The Morgan fingerprint density at radius 3 is 2.79 bits per heavy atom. The molecule has 1 atom stereocenters. The minimum absolute atomic E-state index is 0.111. The van der Waals surface area contributed by atoms with Gasteiger partial charge in [-0.15, -0.1) is 10.2 Å². The maximum absolute atomic E-state index is 12.0. The number of ketones is 1. The number of aromatic nitrogens is 3. The number of rotatable bonds is 3. The molecule has 0 amide bonds. The van der Waals surface area contributed by atoms with Crippen molar-refractivity contribution in [2.45, 2.75) is 25.3 Å². The fraction of sp³-hybridized carbons (Fsp3) is 0.667. The molecule has 14 heavy (non-hydrogen) atoms. The van der Waals surface area contributed by atoms with Gasteiger partial charge in [-0.05, 0) is 25.7 Å². The Kier molecular flexibility index (Phi) is 1.92. The maximum atomic E-state index is 12.0. The van der Waals surface area contributed by atoms with Crippen LogP contribution >= 0.6 is 0 Å². The zero-order chi connectivity index (χ0) is 10.3. The van der Waals surface area contributed by atoms with Crippen molar-refractivity contribution in [1.82, 2.24) is 14.8 Å². The first-order valence-electron chi connectivity index (χ1n) is 4.71. The van der Waals surface area contributed by atoms with Gasteiger partial charge in [-0.3, -0.25) is 4.79 Å². The number of Topliss-reactive ketones (excluding diaryl/α,β-unsaturated/α-hetero) is 1. The van der Waals surface area contributed by atoms with E-state index >= 15 is 0 Å². The SMILES string of the molecule is Cn1cnnc1C(=O)C(C)(N)C1CC1. The molecule has 1 saturated carbocycles. The molecule has 1 heterocycles. The summed E-state index contributed by atoms with van der Waals surface area (Å²) in [6.45, 7) is 1.78. The smallest absolute Gasteiger partial charge is 0.219 e. The predicted octanol–water partition coefficient (Wildman–Crippen LogP) is 0.125. The summed E-state index contributed by atoms with van der Waals surface area (Å²) in [4.78, 5) is 12.0. The van der Waals surface area contributed by atoms with Crippen molar-refractivity contribution in [3.63, 3.8) is 0 Å². The van der Waals surface area contributed by atoms with E-state index in [2.05, 4.69) is 10.2 Å². The fourth-order valence-corrected chi connectivity index (χ4v) is 1.60. The number of carbonyl (C=O) groups excluding carboxylic acids is 1. The first-order chi connectivity index (χ1) is 6.53. The van der Waals surface area contributed by atoms with E-state index in [1.54, 1.807) is 18.5 Å². The van der Waals surface area contributed by atoms with Crippen LogP contribution < -0.4 is 5.73 Å². The molecule has 0 saturated heterocycles. The Morgan fingerprint density at radius 1 is 1.71 bits per heavy atom. The van der Waals surface area contributed by atoms with Crippen molar-refractivity contribution in [1.29, 1.82) is 0 Å². The lowest BCUT2D eigenvalue weighted by molar-refractivity contribution is 0.0868. The summed E-state index contributed by atoms with van der Waals surface area (Å²) in [7, 11) is 1.75. The highest BCUT2D eigenvalue weighted by Gasteiger charge is 2.45. The Hall–Kier alpha value is -1.23. The molecule has 76 valence electrons. The third-order valence-electron chi connectivity index (χ3n) is 2.83. The van der Waals surface area contributed by atoms with Gasteiger partial charge in [-0.1, -0.05) is 0 Å². The average Bonchev–Trinajstić information content (AvgIpc) is 2.89. The Balaban J connectivity index is 2.27. The van der Waals surface area contributed by atoms with Gasteiger partial charge < -0.3 is 10.3 Å². The number of aryl methyl sites for hydroxylation is 1. The van der Waals surface area contributed by atoms with Crippen LogP contribution in [0.5, 0.6) is 0 Å². The van der Waals surface area contributed by atoms with Crippen LogP contribution in [0.2, 0.25) is 0 Å². The van der Waals surface area contributed by atoms with Crippen molar-refractivity contribution in [2.75, 3.05) is 0 Å². The third kappa shape index (κ3) is 1.33. The van der Waals surface area contributed by atoms with Crippen LogP contribution in [0.4, 0.5) is 0 Å². The molecule has 2 N–H and O–H groups in total. The molecule has 0 radical (unpaired) electrons. The summed E-state index contributed by atoms with van der Waals surface area (Å²) in [5.74, 6) is 0.550. The van der Waals surface area contributed by atoms with E-state index < -0.39 is 5.54 Å². The summed E-state index contributed by atoms with van der Waals surface area (Å²) in [6, 6.07) is 0. The monoisotopic (exact) mass is 194 g/mol. The molecular weight excluding hydrogens is 180 g/mol. The molecule has 2 rings (SSSR count). The van der Waals surface area contributed by atoms with Crippen molar-refractivity contribution >= 4 is 5.78 Å². The largest absolute Gasteiger partial charge is 0.319 e. The fourth-order valence-electron chi connectivity index (χ4n) is 1.60. The molecule has 1 aromatic rings. The number of nitrogens with two attached hydrogens (primary N) is 1. The second-order valence-corrected chi connectivity index (χ2v) is 4.15. The molecule has 1 unspecified atom stereocenters. The summed E-state index contributed by atoms with van der Waals surface area (Å²) in [5.41, 5.74) is 5.22. The molecule has 1 aliphatic carbocycles. The first-order valence-corrected chi connectivity index (χ1v) is 4.71. The van der Waals surface area contributed by atoms with Gasteiger partial charge in [0, 0.05) is 7.05 Å². The minimum Gasteiger partial charge on any atom is -0.319 e. The quantitative estimate of drug-likeness (QED) is 0.694. The van der Waals surface area contributed by atoms with Crippen LogP contribution in [-0.4, -0.2) is 26.1 Å². The van der Waals surface area contributed by atoms with Crippen LogP contribution in [0.15, 0.2) is 6.33 Å². The lowest BCUT2D eigenvalue weighted by atomic mass is 9.91. The van der Waals surface area contributed by atoms with Crippen LogP contribution in [0.1, 0.15) is 30.4 Å². The second-order valence-electron chi connectivity index (χ2n) is 4.15. The Morgan fingerprint density at radius 2 is 2.36 bits per heavy atom. The van der Waals surface area contributed by atoms with E-state index in [9.17, 15) is 4.79 Å². The topological polar surface area (TPSA) is 73.8 Å². The molecule has 1 aliphatic rings. The molecule has 0 spiro atoms. The highest BCUT2D eigenvalue weighted by atomic mass is 16.1. The number of nitrogens with zero attached hydrogens (tertiary/aromatic N) is 3. The highest BCUT2D eigenvalue weighted by Crippen LogP contribution is 2.39. The summed E-state index contributed by atoms with van der Waals surface area (Å²) < 4.78 is 1.61. The molecular formula is C9H14N4O. The molecule has 0 aromatic carbocycles. The molecule has 5 nitrogen and oxygen atoms in total. The number of hydrogen-bond donors (Lipinski definition) is 1. The van der Waals surface area contributed by atoms with Gasteiger partial charge in [0.05, 0.1) is 5.54 Å². The van der Waals surface area contributed by atoms with Gasteiger partial charge in [-0.25, -0.2) is 0 Å². The van der Waals surface area contributed by atoms with Crippen molar-refractivity contribution in [3.8, 4) is 0 Å². The molecule has 5 heteroatoms. The van der Waals surface area contributed by atoms with Gasteiger partial charge in [0.15, 0.2) is 0 Å². The van der Waals surface area contributed by atoms with Gasteiger partial charge >= 0.3 is 0 Å². The second kappa shape index (κ2) is 2.88. The van der Waals surface area contributed by atoms with Crippen LogP contribution in [0, 0.1) is 5.92 Å². The minimum atomic E-state index is -0.777. The number of carbonyl (C=O) groups is 1. The van der Waals surface area contributed by atoms with E-state index in [0.717, 1.165) is 12.8 Å². The van der Waals surface area contributed by atoms with Crippen LogP contribution in [0.3, 0.4) is 0 Å². The van der Waals surface area contributed by atoms with E-state index in [-0.39, 0.29) is 5.78 Å². The molecule has 0 aliphatic heterocycles. The van der Waals surface area contributed by atoms with Gasteiger partial charge in [0.25, 0.3) is 0 Å². The van der Waals surface area contributed by atoms with Gasteiger partial charge in [0.2, 0.25) is 11.6 Å². The van der Waals surface area contributed by atoms with E-state index in [1.165, 1.54) is 6.33 Å². The van der Waals surface area contributed by atoms with Crippen molar-refractivity contribution in [3.05, 3.63) is 12.2 Å². The zero-order valence-electron chi connectivity index (χ0n) is 8.40. The van der Waals surface area contributed by atoms with Crippen LogP contribution in [-0.2, 0) is 7.05 Å². The van der Waals surface area contributed by atoms with Crippen LogP contribution in [0.25, 0.3) is 0 Å². The number of hydrogen-bond acceptors (Lipinski definition) is 4. The molecule has 0 bridgehead atoms.